The van der Waals surface area contributed by atoms with Crippen LogP contribution in [-0.4, -0.2) is 31.3 Å². The predicted molar refractivity (Wildman–Crippen MR) is 77.4 cm³/mol. The Kier molecular flexibility index (Phi) is 3.59. The van der Waals surface area contributed by atoms with Crippen molar-refractivity contribution in [3.8, 4) is 10.7 Å². The van der Waals surface area contributed by atoms with Gasteiger partial charge in [0, 0.05) is 4.47 Å². The Balaban J connectivity index is 1.94. The van der Waals surface area contributed by atoms with E-state index in [9.17, 15) is 9.90 Å². The Morgan fingerprint density at radius 3 is 2.85 bits per heavy atom. The number of tetrazole rings is 1. The minimum atomic E-state index is -0.748. The molecule has 2 aromatic rings. The summed E-state index contributed by atoms with van der Waals surface area (Å²) < 4.78 is 2.55. The van der Waals surface area contributed by atoms with Crippen LogP contribution in [-0.2, 0) is 11.3 Å². The number of hydrogen-bond acceptors (Lipinski definition) is 5. The molecule has 0 amide bonds. The van der Waals surface area contributed by atoms with Crippen LogP contribution >= 0.6 is 27.3 Å². The smallest absolute Gasteiger partial charge is 0.311 e. The Hall–Kier alpha value is -1.28. The molecule has 3 rings (SSSR count). The van der Waals surface area contributed by atoms with Crippen molar-refractivity contribution in [1.82, 2.24) is 20.2 Å². The number of carbonyl (C=O) groups is 1. The lowest BCUT2D eigenvalue weighted by molar-refractivity contribution is -0.149. The van der Waals surface area contributed by atoms with Crippen molar-refractivity contribution >= 4 is 33.2 Å². The van der Waals surface area contributed by atoms with Crippen LogP contribution in [0.5, 0.6) is 0 Å². The summed E-state index contributed by atoms with van der Waals surface area (Å²) in [6.45, 7) is 0.328. The molecule has 1 aliphatic rings. The number of rotatable bonds is 4. The maximum absolute atomic E-state index is 11.6. The van der Waals surface area contributed by atoms with Gasteiger partial charge in [0.2, 0.25) is 0 Å². The normalized spacial score (nSPS) is 17.4. The summed E-state index contributed by atoms with van der Waals surface area (Å²) in [6.07, 6.45) is 3.28. The van der Waals surface area contributed by atoms with E-state index in [2.05, 4.69) is 31.5 Å². The van der Waals surface area contributed by atoms with Crippen molar-refractivity contribution in [2.45, 2.75) is 32.2 Å². The van der Waals surface area contributed by atoms with Gasteiger partial charge in [0.25, 0.3) is 0 Å². The van der Waals surface area contributed by atoms with E-state index in [-0.39, 0.29) is 0 Å². The lowest BCUT2D eigenvalue weighted by Crippen LogP contribution is -2.33. The second kappa shape index (κ2) is 5.25. The lowest BCUT2D eigenvalue weighted by Gasteiger charge is -2.23. The molecule has 0 bridgehead atoms. The van der Waals surface area contributed by atoms with E-state index in [1.54, 1.807) is 4.68 Å². The number of aliphatic carboxylic acids is 1. The molecule has 0 saturated heterocycles. The van der Waals surface area contributed by atoms with Crippen LogP contribution in [0.4, 0.5) is 0 Å². The molecule has 0 aromatic carbocycles. The van der Waals surface area contributed by atoms with Gasteiger partial charge in [-0.2, -0.15) is 0 Å². The van der Waals surface area contributed by atoms with E-state index < -0.39 is 11.4 Å². The highest BCUT2D eigenvalue weighted by atomic mass is 79.9. The predicted octanol–water partition coefficient (Wildman–Crippen LogP) is 2.81. The molecule has 0 aliphatic heterocycles. The molecule has 1 fully saturated rings. The highest BCUT2D eigenvalue weighted by Crippen LogP contribution is 2.41. The minimum Gasteiger partial charge on any atom is -0.481 e. The standard InChI is InChI=1S/C12H13BrN4O2S/c13-8-3-6-20-9(8)10-14-15-16-17(10)7-12(11(18)19)4-1-2-5-12/h3,6H,1-2,4-5,7H2,(H,18,19). The SMILES string of the molecule is O=C(O)C1(Cn2nnnc2-c2sccc2Br)CCCC1. The molecular formula is C12H13BrN4O2S. The third-order valence-corrected chi connectivity index (χ3v) is 5.65. The second-order valence-corrected chi connectivity index (χ2v) is 6.82. The van der Waals surface area contributed by atoms with Crippen molar-refractivity contribution in [3.63, 3.8) is 0 Å². The number of aromatic nitrogens is 4. The van der Waals surface area contributed by atoms with Crippen molar-refractivity contribution in [3.05, 3.63) is 15.9 Å². The molecule has 0 unspecified atom stereocenters. The van der Waals surface area contributed by atoms with Crippen LogP contribution < -0.4 is 0 Å². The lowest BCUT2D eigenvalue weighted by atomic mass is 9.86. The quantitative estimate of drug-likeness (QED) is 0.910. The Labute approximate surface area is 127 Å². The van der Waals surface area contributed by atoms with E-state index in [1.165, 1.54) is 11.3 Å². The first-order chi connectivity index (χ1) is 9.62. The number of carboxylic acid groups (broad SMARTS) is 1. The molecule has 6 nitrogen and oxygen atoms in total. The fourth-order valence-electron chi connectivity index (χ4n) is 2.71. The number of halogens is 1. The van der Waals surface area contributed by atoms with Gasteiger partial charge >= 0.3 is 5.97 Å². The van der Waals surface area contributed by atoms with Crippen LogP contribution in [0, 0.1) is 5.41 Å². The van der Waals surface area contributed by atoms with Crippen molar-refractivity contribution in [2.75, 3.05) is 0 Å². The van der Waals surface area contributed by atoms with Gasteiger partial charge in [0.05, 0.1) is 16.8 Å². The van der Waals surface area contributed by atoms with Gasteiger partial charge in [-0.1, -0.05) is 12.8 Å². The van der Waals surface area contributed by atoms with Gasteiger partial charge in [-0.3, -0.25) is 4.79 Å². The average Bonchev–Trinajstić information content (AvgIpc) is 3.11. The molecule has 2 heterocycles. The summed E-state index contributed by atoms with van der Waals surface area (Å²) in [5.74, 6) is -0.124. The van der Waals surface area contributed by atoms with Crippen LogP contribution in [0.25, 0.3) is 10.7 Å². The highest BCUT2D eigenvalue weighted by Gasteiger charge is 2.42. The van der Waals surface area contributed by atoms with Crippen LogP contribution in [0.3, 0.4) is 0 Å². The largest absolute Gasteiger partial charge is 0.481 e. The maximum atomic E-state index is 11.6. The van der Waals surface area contributed by atoms with Crippen LogP contribution in [0.15, 0.2) is 15.9 Å². The summed E-state index contributed by atoms with van der Waals surface area (Å²) in [7, 11) is 0. The van der Waals surface area contributed by atoms with Crippen molar-refractivity contribution < 1.29 is 9.90 Å². The zero-order chi connectivity index (χ0) is 14.2. The van der Waals surface area contributed by atoms with Crippen molar-refractivity contribution in [1.29, 1.82) is 0 Å². The second-order valence-electron chi connectivity index (χ2n) is 5.05. The fourth-order valence-corrected chi connectivity index (χ4v) is 4.24. The minimum absolute atomic E-state index is 0.328. The van der Waals surface area contributed by atoms with E-state index in [1.807, 2.05) is 11.4 Å². The maximum Gasteiger partial charge on any atom is 0.311 e. The molecule has 2 aromatic heterocycles. The highest BCUT2D eigenvalue weighted by molar-refractivity contribution is 9.10. The third kappa shape index (κ3) is 2.26. The van der Waals surface area contributed by atoms with Gasteiger partial charge in [0.1, 0.15) is 0 Å². The van der Waals surface area contributed by atoms with Crippen LogP contribution in [0.2, 0.25) is 0 Å². The first kappa shape index (κ1) is 13.7. The molecule has 1 N–H and O–H groups in total. The molecule has 1 aliphatic carbocycles. The van der Waals surface area contributed by atoms with E-state index >= 15 is 0 Å². The average molecular weight is 357 g/mol. The van der Waals surface area contributed by atoms with Gasteiger partial charge in [-0.25, -0.2) is 4.68 Å². The Bertz CT molecular complexity index is 633. The molecule has 0 radical (unpaired) electrons. The summed E-state index contributed by atoms with van der Waals surface area (Å²) in [5.41, 5.74) is -0.728. The third-order valence-electron chi connectivity index (χ3n) is 3.82. The van der Waals surface area contributed by atoms with E-state index in [4.69, 9.17) is 0 Å². The summed E-state index contributed by atoms with van der Waals surface area (Å²) in [6, 6.07) is 1.93. The first-order valence-electron chi connectivity index (χ1n) is 6.35. The van der Waals surface area contributed by atoms with Crippen molar-refractivity contribution in [2.24, 2.45) is 5.41 Å². The summed E-state index contributed by atoms with van der Waals surface area (Å²) in [4.78, 5) is 12.6. The monoisotopic (exact) mass is 356 g/mol. The molecule has 0 atom stereocenters. The zero-order valence-corrected chi connectivity index (χ0v) is 13.0. The molecule has 20 heavy (non-hydrogen) atoms. The summed E-state index contributed by atoms with van der Waals surface area (Å²) >= 11 is 4.99. The van der Waals surface area contributed by atoms with Gasteiger partial charge in [-0.15, -0.1) is 16.4 Å². The van der Waals surface area contributed by atoms with Gasteiger partial charge in [0.15, 0.2) is 5.82 Å². The number of carboxylic acids is 1. The van der Waals surface area contributed by atoms with Crippen LogP contribution in [0.1, 0.15) is 25.7 Å². The Morgan fingerprint density at radius 1 is 1.50 bits per heavy atom. The molecular weight excluding hydrogens is 344 g/mol. The molecule has 8 heteroatoms. The number of thiophene rings is 1. The molecule has 0 spiro atoms. The number of nitrogens with zero attached hydrogens (tertiary/aromatic N) is 4. The molecule has 106 valence electrons. The first-order valence-corrected chi connectivity index (χ1v) is 8.03. The van der Waals surface area contributed by atoms with E-state index in [0.29, 0.717) is 25.2 Å². The van der Waals surface area contributed by atoms with Gasteiger partial charge in [-0.05, 0) is 50.6 Å². The molecule has 1 saturated carbocycles. The Morgan fingerprint density at radius 2 is 2.25 bits per heavy atom. The van der Waals surface area contributed by atoms with Gasteiger partial charge < -0.3 is 5.11 Å². The summed E-state index contributed by atoms with van der Waals surface area (Å²) in [5, 5.41) is 23.2. The van der Waals surface area contributed by atoms with E-state index in [0.717, 1.165) is 22.2 Å². The topological polar surface area (TPSA) is 80.9 Å². The zero-order valence-electron chi connectivity index (χ0n) is 10.6. The fraction of sp³-hybridized carbons (Fsp3) is 0.500. The number of hydrogen-bond donors (Lipinski definition) is 1.